The van der Waals surface area contributed by atoms with Gasteiger partial charge in [-0.1, -0.05) is 31.1 Å². The second-order valence-electron chi connectivity index (χ2n) is 4.66. The number of nitrogens with zero attached hydrogens (tertiary/aromatic N) is 1. The number of nitrogens with two attached hydrogens (primary N) is 1. The molecule has 6 nitrogen and oxygen atoms in total. The zero-order chi connectivity index (χ0) is 15.9. The molecule has 0 saturated carbocycles. The van der Waals surface area contributed by atoms with Gasteiger partial charge in [0.25, 0.3) is 5.91 Å². The van der Waals surface area contributed by atoms with Gasteiger partial charge >= 0.3 is 0 Å². The predicted octanol–water partition coefficient (Wildman–Crippen LogP) is 2.12. The van der Waals surface area contributed by atoms with Crippen molar-refractivity contribution in [2.75, 3.05) is 6.61 Å². The molecule has 116 valence electrons. The van der Waals surface area contributed by atoms with Crippen molar-refractivity contribution in [3.05, 3.63) is 29.8 Å². The van der Waals surface area contributed by atoms with E-state index in [1.165, 1.54) is 0 Å². The molecule has 21 heavy (non-hydrogen) atoms. The molecule has 0 aliphatic heterocycles. The first kappa shape index (κ1) is 16.8. The first-order valence-electron chi connectivity index (χ1n) is 7.06. The molecule has 0 aromatic heterocycles. The van der Waals surface area contributed by atoms with Crippen LogP contribution in [0, 0.1) is 0 Å². The molecule has 0 fully saturated rings. The van der Waals surface area contributed by atoms with Crippen LogP contribution in [0.15, 0.2) is 29.4 Å². The molecule has 0 heterocycles. The summed E-state index contributed by atoms with van der Waals surface area (Å²) in [4.78, 5) is 12.5. The zero-order valence-corrected chi connectivity index (χ0v) is 12.7. The minimum Gasteiger partial charge on any atom is -0.493 e. The Morgan fingerprint density at radius 2 is 1.95 bits per heavy atom. The van der Waals surface area contributed by atoms with Crippen LogP contribution in [0.3, 0.4) is 0 Å². The molecular formula is C15H23N3O3. The van der Waals surface area contributed by atoms with Crippen molar-refractivity contribution in [3.63, 3.8) is 0 Å². The normalized spacial score (nSPS) is 12.0. The third kappa shape index (κ3) is 3.65. The molecule has 6 heteroatoms. The van der Waals surface area contributed by atoms with Crippen molar-refractivity contribution in [1.29, 1.82) is 0 Å². The molecule has 0 saturated heterocycles. The number of para-hydroxylation sites is 1. The molecule has 0 bridgehead atoms. The first-order chi connectivity index (χ1) is 10.0. The van der Waals surface area contributed by atoms with Crippen LogP contribution >= 0.6 is 0 Å². The molecule has 0 unspecified atom stereocenters. The van der Waals surface area contributed by atoms with Gasteiger partial charge in [-0.15, -0.1) is 0 Å². The average molecular weight is 293 g/mol. The van der Waals surface area contributed by atoms with Crippen molar-refractivity contribution in [1.82, 2.24) is 5.32 Å². The molecule has 1 aromatic carbocycles. The highest BCUT2D eigenvalue weighted by atomic mass is 16.5. The SMILES string of the molecule is CCOc1ccccc1C(=O)NC(CC)(CC)/C(N)=N/O. The number of hydrogen-bond donors (Lipinski definition) is 3. The van der Waals surface area contributed by atoms with E-state index in [2.05, 4.69) is 10.5 Å². The smallest absolute Gasteiger partial charge is 0.255 e. The number of oxime groups is 1. The summed E-state index contributed by atoms with van der Waals surface area (Å²) in [5, 5.41) is 14.9. The van der Waals surface area contributed by atoms with Crippen LogP contribution in [0.2, 0.25) is 0 Å². The maximum absolute atomic E-state index is 12.5. The third-order valence-corrected chi connectivity index (χ3v) is 3.59. The quantitative estimate of drug-likeness (QED) is 0.310. The molecule has 0 radical (unpaired) electrons. The molecule has 1 aromatic rings. The molecule has 0 aliphatic carbocycles. The second-order valence-corrected chi connectivity index (χ2v) is 4.66. The Labute approximate surface area is 125 Å². The molecule has 0 spiro atoms. The lowest BCUT2D eigenvalue weighted by Gasteiger charge is -2.31. The summed E-state index contributed by atoms with van der Waals surface area (Å²) in [5.41, 5.74) is 5.31. The zero-order valence-electron chi connectivity index (χ0n) is 12.7. The number of rotatable bonds is 7. The highest BCUT2D eigenvalue weighted by molar-refractivity contribution is 6.01. The summed E-state index contributed by atoms with van der Waals surface area (Å²) in [7, 11) is 0. The number of amidine groups is 1. The summed E-state index contributed by atoms with van der Waals surface area (Å²) in [6, 6.07) is 6.99. The Kier molecular flexibility index (Phi) is 6.02. The Bertz CT molecular complexity index is 511. The van der Waals surface area contributed by atoms with Crippen LogP contribution < -0.4 is 15.8 Å². The lowest BCUT2D eigenvalue weighted by Crippen LogP contribution is -2.56. The molecular weight excluding hydrogens is 270 g/mol. The van der Waals surface area contributed by atoms with Gasteiger partial charge in [-0.3, -0.25) is 4.79 Å². The van der Waals surface area contributed by atoms with Gasteiger partial charge in [0, 0.05) is 0 Å². The standard InChI is InChI=1S/C15H23N3O3/c1-4-15(5-2,14(16)18-20)17-13(19)11-9-7-8-10-12(11)21-6-3/h7-10,20H,4-6H2,1-3H3,(H2,16,18)(H,17,19). The summed E-state index contributed by atoms with van der Waals surface area (Å²) < 4.78 is 5.46. The number of ether oxygens (including phenoxy) is 1. The minimum absolute atomic E-state index is 0.00487. The third-order valence-electron chi connectivity index (χ3n) is 3.59. The summed E-state index contributed by atoms with van der Waals surface area (Å²) in [6.45, 7) is 6.07. The number of carbonyl (C=O) groups is 1. The van der Waals surface area contributed by atoms with Crippen LogP contribution in [0.4, 0.5) is 0 Å². The highest BCUT2D eigenvalue weighted by Gasteiger charge is 2.34. The van der Waals surface area contributed by atoms with E-state index < -0.39 is 5.54 Å². The summed E-state index contributed by atoms with van der Waals surface area (Å²) >= 11 is 0. The topological polar surface area (TPSA) is 96.9 Å². The number of hydrogen-bond acceptors (Lipinski definition) is 4. The van der Waals surface area contributed by atoms with Gasteiger partial charge < -0.3 is 21.0 Å². The lowest BCUT2D eigenvalue weighted by atomic mass is 9.91. The van der Waals surface area contributed by atoms with Crippen LogP contribution in [0.5, 0.6) is 5.75 Å². The van der Waals surface area contributed by atoms with Gasteiger partial charge in [0.2, 0.25) is 0 Å². The second kappa shape index (κ2) is 7.52. The van der Waals surface area contributed by atoms with E-state index in [1.54, 1.807) is 24.3 Å². The molecule has 1 rings (SSSR count). The monoisotopic (exact) mass is 293 g/mol. The average Bonchev–Trinajstić information content (AvgIpc) is 2.52. The summed E-state index contributed by atoms with van der Waals surface area (Å²) in [6.07, 6.45) is 1.03. The van der Waals surface area contributed by atoms with E-state index in [-0.39, 0.29) is 11.7 Å². The van der Waals surface area contributed by atoms with Crippen molar-refractivity contribution in [2.45, 2.75) is 39.2 Å². The lowest BCUT2D eigenvalue weighted by molar-refractivity contribution is 0.0914. The Balaban J connectivity index is 3.09. The van der Waals surface area contributed by atoms with Crippen molar-refractivity contribution in [2.24, 2.45) is 10.9 Å². The van der Waals surface area contributed by atoms with E-state index in [4.69, 9.17) is 15.7 Å². The minimum atomic E-state index is -0.870. The Morgan fingerprint density at radius 1 is 1.33 bits per heavy atom. The maximum atomic E-state index is 12.5. The van der Waals surface area contributed by atoms with Crippen molar-refractivity contribution in [3.8, 4) is 5.75 Å². The Hall–Kier alpha value is -2.24. The van der Waals surface area contributed by atoms with Gasteiger partial charge in [-0.05, 0) is 31.9 Å². The fraction of sp³-hybridized carbons (Fsp3) is 0.467. The van der Waals surface area contributed by atoms with Gasteiger partial charge in [0.15, 0.2) is 5.84 Å². The van der Waals surface area contributed by atoms with Crippen LogP contribution in [0.25, 0.3) is 0 Å². The van der Waals surface area contributed by atoms with E-state index in [9.17, 15) is 4.79 Å². The molecule has 1 amide bonds. The maximum Gasteiger partial charge on any atom is 0.255 e. The van der Waals surface area contributed by atoms with Crippen molar-refractivity contribution < 1.29 is 14.7 Å². The number of nitrogens with one attached hydrogen (secondary N) is 1. The molecule has 4 N–H and O–H groups in total. The molecule has 0 aliphatic rings. The van der Waals surface area contributed by atoms with Crippen LogP contribution in [0.1, 0.15) is 44.0 Å². The van der Waals surface area contributed by atoms with Crippen LogP contribution in [-0.2, 0) is 0 Å². The van der Waals surface area contributed by atoms with E-state index in [0.717, 1.165) is 0 Å². The fourth-order valence-electron chi connectivity index (χ4n) is 2.17. The van der Waals surface area contributed by atoms with Crippen molar-refractivity contribution >= 4 is 11.7 Å². The largest absolute Gasteiger partial charge is 0.493 e. The van der Waals surface area contributed by atoms with E-state index in [1.807, 2.05) is 20.8 Å². The fourth-order valence-corrected chi connectivity index (χ4v) is 2.17. The first-order valence-corrected chi connectivity index (χ1v) is 7.06. The predicted molar refractivity (Wildman–Crippen MR) is 81.8 cm³/mol. The summed E-state index contributed by atoms with van der Waals surface area (Å²) in [5.74, 6) is 0.196. The van der Waals surface area contributed by atoms with Gasteiger partial charge in [-0.25, -0.2) is 0 Å². The van der Waals surface area contributed by atoms with E-state index >= 15 is 0 Å². The van der Waals surface area contributed by atoms with Crippen LogP contribution in [-0.4, -0.2) is 29.1 Å². The Morgan fingerprint density at radius 3 is 2.48 bits per heavy atom. The van der Waals surface area contributed by atoms with E-state index in [0.29, 0.717) is 30.8 Å². The van der Waals surface area contributed by atoms with Gasteiger partial charge in [0.1, 0.15) is 11.3 Å². The van der Waals surface area contributed by atoms with Gasteiger partial charge in [0.05, 0.1) is 12.2 Å². The number of benzene rings is 1. The van der Waals surface area contributed by atoms with Gasteiger partial charge in [-0.2, -0.15) is 0 Å². The number of carbonyl (C=O) groups excluding carboxylic acids is 1. The number of amides is 1. The molecule has 0 atom stereocenters. The highest BCUT2D eigenvalue weighted by Crippen LogP contribution is 2.21.